The Balaban J connectivity index is 3.58. The van der Waals surface area contributed by atoms with E-state index in [0.717, 1.165) is 103 Å². The minimum Gasteiger partial charge on any atom is -0.462 e. The number of rotatable bonds is 51. The Morgan fingerprint density at radius 2 is 0.642 bits per heavy atom. The average molecular weight is 932 g/mol. The minimum atomic E-state index is -0.791. The van der Waals surface area contributed by atoms with E-state index in [4.69, 9.17) is 9.47 Å². The van der Waals surface area contributed by atoms with Crippen molar-refractivity contribution in [2.75, 3.05) is 13.2 Å². The second-order valence-corrected chi connectivity index (χ2v) is 18.6. The first-order valence-electron chi connectivity index (χ1n) is 28.3. The van der Waals surface area contributed by atoms with Crippen molar-refractivity contribution in [3.63, 3.8) is 0 Å². The first kappa shape index (κ1) is 63.8. The van der Waals surface area contributed by atoms with E-state index in [2.05, 4.69) is 111 Å². The molecule has 0 saturated heterocycles. The SMILES string of the molecule is CC/C=C\C/C=C\C/C=C\C/C=C\C/C=C\C/C=C\C/C=C\C/C=C\CCCCCCC(=O)OC(CO)COC(=O)CCCCCCCCCCCCCCCCCCCCCCCCCC. The molecule has 0 bridgehead atoms. The molecule has 0 radical (unpaired) electrons. The van der Waals surface area contributed by atoms with Crippen molar-refractivity contribution in [1.29, 1.82) is 0 Å². The first-order chi connectivity index (χ1) is 33.1. The van der Waals surface area contributed by atoms with Gasteiger partial charge in [-0.05, 0) is 77.0 Å². The monoisotopic (exact) mass is 931 g/mol. The lowest BCUT2D eigenvalue weighted by molar-refractivity contribution is -0.161. The van der Waals surface area contributed by atoms with Crippen LogP contribution in [-0.4, -0.2) is 36.4 Å². The lowest BCUT2D eigenvalue weighted by Crippen LogP contribution is -2.28. The fraction of sp³-hybridized carbons (Fsp3) is 0.710. The van der Waals surface area contributed by atoms with Crippen molar-refractivity contribution in [1.82, 2.24) is 0 Å². The van der Waals surface area contributed by atoms with Crippen LogP contribution in [0.1, 0.15) is 264 Å². The molecule has 0 aliphatic carbocycles. The highest BCUT2D eigenvalue weighted by Crippen LogP contribution is 2.16. The summed E-state index contributed by atoms with van der Waals surface area (Å²) < 4.78 is 10.7. The molecule has 1 N–H and O–H groups in total. The lowest BCUT2D eigenvalue weighted by atomic mass is 10.0. The molecule has 5 heteroatoms. The second-order valence-electron chi connectivity index (χ2n) is 18.6. The molecule has 0 aliphatic rings. The van der Waals surface area contributed by atoms with Gasteiger partial charge in [-0.3, -0.25) is 9.59 Å². The van der Waals surface area contributed by atoms with Gasteiger partial charge >= 0.3 is 11.9 Å². The van der Waals surface area contributed by atoms with Gasteiger partial charge in [0.05, 0.1) is 6.61 Å². The number of aliphatic hydroxyl groups excluding tert-OH is 1. The maximum absolute atomic E-state index is 12.3. The van der Waals surface area contributed by atoms with E-state index in [1.807, 2.05) is 0 Å². The molecular formula is C62H106O5. The zero-order valence-electron chi connectivity index (χ0n) is 43.9. The third kappa shape index (κ3) is 55.3. The number of allylic oxidation sites excluding steroid dienone is 16. The van der Waals surface area contributed by atoms with Crippen molar-refractivity contribution in [3.8, 4) is 0 Å². The van der Waals surface area contributed by atoms with Crippen LogP contribution < -0.4 is 0 Å². The smallest absolute Gasteiger partial charge is 0.306 e. The number of esters is 2. The number of hydrogen-bond donors (Lipinski definition) is 1. The van der Waals surface area contributed by atoms with Crippen LogP contribution in [-0.2, 0) is 19.1 Å². The van der Waals surface area contributed by atoms with Gasteiger partial charge in [0.15, 0.2) is 6.10 Å². The van der Waals surface area contributed by atoms with Crippen LogP contribution in [0.25, 0.3) is 0 Å². The first-order valence-corrected chi connectivity index (χ1v) is 28.3. The Hall–Kier alpha value is -3.18. The summed E-state index contributed by atoms with van der Waals surface area (Å²) in [6, 6.07) is 0. The second kappa shape index (κ2) is 57.1. The van der Waals surface area contributed by atoms with Gasteiger partial charge in [0.1, 0.15) is 6.61 Å². The molecule has 384 valence electrons. The summed E-state index contributed by atoms with van der Waals surface area (Å²) in [7, 11) is 0. The van der Waals surface area contributed by atoms with Gasteiger partial charge in [0.25, 0.3) is 0 Å². The van der Waals surface area contributed by atoms with Gasteiger partial charge in [-0.15, -0.1) is 0 Å². The van der Waals surface area contributed by atoms with Gasteiger partial charge in [0.2, 0.25) is 0 Å². The van der Waals surface area contributed by atoms with E-state index in [9.17, 15) is 14.7 Å². The van der Waals surface area contributed by atoms with Crippen LogP contribution in [0, 0.1) is 0 Å². The maximum Gasteiger partial charge on any atom is 0.306 e. The topological polar surface area (TPSA) is 72.8 Å². The molecule has 5 nitrogen and oxygen atoms in total. The molecule has 0 saturated carbocycles. The highest BCUT2D eigenvalue weighted by atomic mass is 16.6. The van der Waals surface area contributed by atoms with Crippen LogP contribution in [0.2, 0.25) is 0 Å². The molecule has 0 aromatic heterocycles. The normalized spacial score (nSPS) is 12.9. The number of hydrogen-bond acceptors (Lipinski definition) is 5. The molecule has 0 aliphatic heterocycles. The van der Waals surface area contributed by atoms with Gasteiger partial charge in [-0.1, -0.05) is 272 Å². The Kier molecular flexibility index (Phi) is 54.4. The van der Waals surface area contributed by atoms with Crippen molar-refractivity contribution >= 4 is 11.9 Å². The largest absolute Gasteiger partial charge is 0.462 e. The molecule has 0 fully saturated rings. The Morgan fingerprint density at radius 3 is 0.970 bits per heavy atom. The van der Waals surface area contributed by atoms with Crippen molar-refractivity contribution in [2.45, 2.75) is 270 Å². The summed E-state index contributed by atoms with van der Waals surface area (Å²) in [6.07, 6.45) is 80.9. The Labute approximate surface area is 415 Å². The molecule has 0 heterocycles. The zero-order valence-corrected chi connectivity index (χ0v) is 43.9. The summed E-state index contributed by atoms with van der Waals surface area (Å²) in [6.45, 7) is 4.03. The van der Waals surface area contributed by atoms with Gasteiger partial charge in [-0.2, -0.15) is 0 Å². The van der Waals surface area contributed by atoms with Gasteiger partial charge < -0.3 is 14.6 Å². The number of carbonyl (C=O) groups excluding carboxylic acids is 2. The average Bonchev–Trinajstić information content (AvgIpc) is 3.33. The molecule has 67 heavy (non-hydrogen) atoms. The van der Waals surface area contributed by atoms with Gasteiger partial charge in [-0.25, -0.2) is 0 Å². The van der Waals surface area contributed by atoms with E-state index >= 15 is 0 Å². The van der Waals surface area contributed by atoms with E-state index in [1.54, 1.807) is 0 Å². The van der Waals surface area contributed by atoms with Crippen molar-refractivity contribution in [3.05, 3.63) is 97.2 Å². The predicted octanol–water partition coefficient (Wildman–Crippen LogP) is 19.1. The number of ether oxygens (including phenoxy) is 2. The molecule has 0 spiro atoms. The maximum atomic E-state index is 12.3. The fourth-order valence-electron chi connectivity index (χ4n) is 7.93. The van der Waals surface area contributed by atoms with Crippen LogP contribution in [0.4, 0.5) is 0 Å². The highest BCUT2D eigenvalue weighted by molar-refractivity contribution is 5.70. The van der Waals surface area contributed by atoms with Crippen LogP contribution >= 0.6 is 0 Å². The van der Waals surface area contributed by atoms with E-state index in [-0.39, 0.29) is 25.2 Å². The minimum absolute atomic E-state index is 0.0789. The van der Waals surface area contributed by atoms with Crippen LogP contribution in [0.5, 0.6) is 0 Å². The summed E-state index contributed by atoms with van der Waals surface area (Å²) in [5, 5.41) is 9.65. The zero-order chi connectivity index (χ0) is 48.5. The summed E-state index contributed by atoms with van der Waals surface area (Å²) in [4.78, 5) is 24.5. The Bertz CT molecular complexity index is 1280. The molecule has 0 rings (SSSR count). The van der Waals surface area contributed by atoms with Crippen molar-refractivity contribution < 1.29 is 24.2 Å². The van der Waals surface area contributed by atoms with Crippen LogP contribution in [0.3, 0.4) is 0 Å². The third-order valence-electron chi connectivity index (χ3n) is 12.1. The number of aliphatic hydroxyl groups is 1. The molecule has 0 aromatic carbocycles. The van der Waals surface area contributed by atoms with E-state index < -0.39 is 6.10 Å². The standard InChI is InChI=1S/C62H106O5/c1-3-5-7-9-11-13-15-17-19-21-23-25-27-29-30-31-32-33-35-37-39-41-43-45-47-49-51-53-55-57-62(65)67-60(58-63)59-66-61(64)56-54-52-50-48-46-44-42-40-38-36-34-28-26-24-22-20-18-16-14-12-10-8-6-4-2/h5,7,11,13,17,19,23,25,29-30,32-33,37,39,43,45,60,63H,3-4,6,8-10,12,14-16,18,20-22,24,26-28,31,34-36,38,40-42,44,46-59H2,1-2H3/b7-5-,13-11-,19-17-,25-23-,30-29-,33-32-,39-37-,45-43-. The summed E-state index contributed by atoms with van der Waals surface area (Å²) >= 11 is 0. The van der Waals surface area contributed by atoms with E-state index in [0.29, 0.717) is 12.8 Å². The Morgan fingerprint density at radius 1 is 0.358 bits per heavy atom. The molecule has 1 unspecified atom stereocenters. The summed E-state index contributed by atoms with van der Waals surface area (Å²) in [5.74, 6) is -0.616. The molecule has 0 aromatic rings. The quantitative estimate of drug-likeness (QED) is 0.0374. The third-order valence-corrected chi connectivity index (χ3v) is 12.1. The van der Waals surface area contributed by atoms with Crippen molar-refractivity contribution in [2.24, 2.45) is 0 Å². The van der Waals surface area contributed by atoms with E-state index in [1.165, 1.54) is 135 Å². The summed E-state index contributed by atoms with van der Waals surface area (Å²) in [5.41, 5.74) is 0. The predicted molar refractivity (Wildman–Crippen MR) is 292 cm³/mol. The number of unbranched alkanes of at least 4 members (excludes halogenated alkanes) is 27. The fourth-order valence-corrected chi connectivity index (χ4v) is 7.93. The lowest BCUT2D eigenvalue weighted by Gasteiger charge is -2.15. The van der Waals surface area contributed by atoms with Crippen LogP contribution in [0.15, 0.2) is 97.2 Å². The van der Waals surface area contributed by atoms with Gasteiger partial charge in [0, 0.05) is 12.8 Å². The molecule has 1 atom stereocenters. The highest BCUT2D eigenvalue weighted by Gasteiger charge is 2.16. The molecular weight excluding hydrogens is 825 g/mol. The molecule has 0 amide bonds. The number of carbonyl (C=O) groups is 2.